The second-order valence-corrected chi connectivity index (χ2v) is 10.1. The number of nitrogens with zero attached hydrogens (tertiary/aromatic N) is 3. The van der Waals surface area contributed by atoms with Gasteiger partial charge in [0.25, 0.3) is 11.5 Å². The number of amides is 1. The van der Waals surface area contributed by atoms with E-state index in [1.165, 1.54) is 4.57 Å². The van der Waals surface area contributed by atoms with Gasteiger partial charge in [0, 0.05) is 37.0 Å². The van der Waals surface area contributed by atoms with Crippen LogP contribution in [0.5, 0.6) is 0 Å². The Bertz CT molecular complexity index is 1570. The molecule has 2 heterocycles. The molecule has 1 amide bonds. The summed E-state index contributed by atoms with van der Waals surface area (Å²) in [6, 6.07) is 4.21. The number of anilines is 1. The lowest BCUT2D eigenvalue weighted by atomic mass is 10.0. The minimum Gasteiger partial charge on any atom is -0.467 e. The Morgan fingerprint density at radius 3 is 2.35 bits per heavy atom. The van der Waals surface area contributed by atoms with E-state index in [4.69, 9.17) is 9.47 Å². The topological polar surface area (TPSA) is 103 Å². The lowest BCUT2D eigenvalue weighted by Crippen LogP contribution is -2.53. The van der Waals surface area contributed by atoms with Gasteiger partial charge in [-0.15, -0.1) is 0 Å². The van der Waals surface area contributed by atoms with Gasteiger partial charge in [0.2, 0.25) is 0 Å². The van der Waals surface area contributed by atoms with Gasteiger partial charge >= 0.3 is 12.1 Å². The number of esters is 1. The molecule has 230 valence electrons. The van der Waals surface area contributed by atoms with Gasteiger partial charge < -0.3 is 24.3 Å². The number of alkyl halides is 3. The molecule has 0 unspecified atom stereocenters. The van der Waals surface area contributed by atoms with Gasteiger partial charge in [-0.3, -0.25) is 9.59 Å². The Morgan fingerprint density at radius 1 is 1.14 bits per heavy atom. The smallest absolute Gasteiger partial charge is 0.411 e. The SMILES string of the molecule is COC(=O)[C@H](Cc1ccc(-c2nc(C)c(C)n(C)c2=O)cc1)NC(=O)c1c(F)cc(N2CCOC[C@@H]2C(F)(F)F)cc1F. The molecule has 1 saturated heterocycles. The number of carbonyl (C=O) groups is 2. The van der Waals surface area contributed by atoms with Gasteiger partial charge in [0.05, 0.1) is 26.0 Å². The van der Waals surface area contributed by atoms with Gasteiger partial charge in [0.1, 0.15) is 35.0 Å². The zero-order valence-electron chi connectivity index (χ0n) is 23.7. The first-order valence-corrected chi connectivity index (χ1v) is 13.1. The normalized spacial score (nSPS) is 16.1. The molecule has 0 spiro atoms. The van der Waals surface area contributed by atoms with Crippen molar-refractivity contribution < 1.29 is 41.0 Å². The number of rotatable bonds is 7. The number of methoxy groups -OCH3 is 1. The molecule has 14 heteroatoms. The van der Waals surface area contributed by atoms with Crippen molar-refractivity contribution in [2.45, 2.75) is 38.5 Å². The number of carbonyl (C=O) groups excluding carboxylic acids is 2. The second-order valence-electron chi connectivity index (χ2n) is 10.1. The maximum atomic E-state index is 15.0. The quantitative estimate of drug-likeness (QED) is 0.323. The number of halogens is 5. The van der Waals surface area contributed by atoms with Crippen LogP contribution in [0.2, 0.25) is 0 Å². The Hall–Kier alpha value is -4.33. The van der Waals surface area contributed by atoms with Crippen LogP contribution in [0.3, 0.4) is 0 Å². The van der Waals surface area contributed by atoms with Crippen LogP contribution < -0.4 is 15.8 Å². The van der Waals surface area contributed by atoms with Gasteiger partial charge in [-0.2, -0.15) is 13.2 Å². The number of morpholine rings is 1. The standard InChI is InChI=1S/C29H29F5N4O5/c1-15-16(2)37(3)27(40)25(35-15)18-7-5-17(6-8-18)11-22(28(41)42-4)36-26(39)24-20(30)12-19(13-21(24)31)38-9-10-43-14-23(38)29(32,33)34/h5-8,12-13,22-23H,9-11,14H2,1-4H3,(H,36,39)/t22-,23+/m0/s1. The number of ether oxygens (including phenoxy) is 2. The third-order valence-corrected chi connectivity index (χ3v) is 7.36. The van der Waals surface area contributed by atoms with E-state index in [1.54, 1.807) is 45.2 Å². The highest BCUT2D eigenvalue weighted by atomic mass is 19.4. The maximum Gasteiger partial charge on any atom is 0.411 e. The molecule has 4 rings (SSSR count). The third kappa shape index (κ3) is 6.69. The summed E-state index contributed by atoms with van der Waals surface area (Å²) in [6.45, 7) is 2.48. The molecule has 2 aromatic carbocycles. The van der Waals surface area contributed by atoms with E-state index in [9.17, 15) is 27.6 Å². The van der Waals surface area contributed by atoms with Crippen LogP contribution in [0, 0.1) is 25.5 Å². The van der Waals surface area contributed by atoms with E-state index >= 15 is 8.78 Å². The van der Waals surface area contributed by atoms with Gasteiger partial charge in [0.15, 0.2) is 0 Å². The summed E-state index contributed by atoms with van der Waals surface area (Å²) in [5, 5.41) is 2.25. The van der Waals surface area contributed by atoms with Crippen molar-refractivity contribution in [2.75, 3.05) is 31.8 Å². The minimum atomic E-state index is -4.72. The second kappa shape index (κ2) is 12.5. The van der Waals surface area contributed by atoms with Crippen LogP contribution in [-0.4, -0.2) is 66.6 Å². The zero-order valence-corrected chi connectivity index (χ0v) is 23.7. The Kier molecular flexibility index (Phi) is 9.18. The Morgan fingerprint density at radius 2 is 1.77 bits per heavy atom. The van der Waals surface area contributed by atoms with Crippen LogP contribution in [0.4, 0.5) is 27.6 Å². The van der Waals surface area contributed by atoms with Gasteiger partial charge in [-0.05, 0) is 31.5 Å². The third-order valence-electron chi connectivity index (χ3n) is 7.36. The summed E-state index contributed by atoms with van der Waals surface area (Å²) in [5.41, 5.74) is 0.876. The molecule has 1 aliphatic rings. The average molecular weight is 609 g/mol. The number of aromatic nitrogens is 2. The number of benzene rings is 2. The zero-order chi connectivity index (χ0) is 31.6. The summed E-state index contributed by atoms with van der Waals surface area (Å²) >= 11 is 0. The molecule has 0 bridgehead atoms. The summed E-state index contributed by atoms with van der Waals surface area (Å²) in [6.07, 6.45) is -4.86. The molecule has 1 aromatic heterocycles. The molecule has 0 radical (unpaired) electrons. The van der Waals surface area contributed by atoms with Crippen molar-refractivity contribution in [2.24, 2.45) is 7.05 Å². The van der Waals surface area contributed by atoms with Crippen LogP contribution in [0.15, 0.2) is 41.2 Å². The molecular weight excluding hydrogens is 579 g/mol. The van der Waals surface area contributed by atoms with Crippen LogP contribution in [0.1, 0.15) is 27.3 Å². The highest BCUT2D eigenvalue weighted by Crippen LogP contribution is 2.32. The molecule has 1 aliphatic heterocycles. The van der Waals surface area contributed by atoms with E-state index in [-0.39, 0.29) is 30.8 Å². The minimum absolute atomic E-state index is 0.0856. The van der Waals surface area contributed by atoms with E-state index in [1.807, 2.05) is 0 Å². The average Bonchev–Trinajstić information content (AvgIpc) is 2.96. The summed E-state index contributed by atoms with van der Waals surface area (Å²) in [4.78, 5) is 43.2. The van der Waals surface area contributed by atoms with Crippen molar-refractivity contribution in [3.05, 3.63) is 80.9 Å². The summed E-state index contributed by atoms with van der Waals surface area (Å²) in [5.74, 6) is -5.02. The molecule has 0 saturated carbocycles. The van der Waals surface area contributed by atoms with Crippen LogP contribution in [-0.2, 0) is 27.7 Å². The Labute approximate surface area is 243 Å². The van der Waals surface area contributed by atoms with Crippen LogP contribution in [0.25, 0.3) is 11.3 Å². The highest BCUT2D eigenvalue weighted by molar-refractivity contribution is 5.97. The lowest BCUT2D eigenvalue weighted by Gasteiger charge is -2.38. The highest BCUT2D eigenvalue weighted by Gasteiger charge is 2.46. The fraction of sp³-hybridized carbons (Fsp3) is 0.379. The molecule has 3 aromatic rings. The molecule has 43 heavy (non-hydrogen) atoms. The first kappa shape index (κ1) is 31.6. The molecule has 9 nitrogen and oxygen atoms in total. The van der Waals surface area contributed by atoms with Crippen LogP contribution >= 0.6 is 0 Å². The monoisotopic (exact) mass is 608 g/mol. The van der Waals surface area contributed by atoms with Gasteiger partial charge in [-0.1, -0.05) is 24.3 Å². The lowest BCUT2D eigenvalue weighted by molar-refractivity contribution is -0.167. The van der Waals surface area contributed by atoms with Crippen molar-refractivity contribution in [1.82, 2.24) is 14.9 Å². The molecular formula is C29H29F5N4O5. The summed E-state index contributed by atoms with van der Waals surface area (Å²) < 4.78 is 81.5. The maximum absolute atomic E-state index is 15.0. The first-order valence-electron chi connectivity index (χ1n) is 13.1. The fourth-order valence-corrected chi connectivity index (χ4v) is 4.77. The van der Waals surface area contributed by atoms with E-state index in [2.05, 4.69) is 10.3 Å². The van der Waals surface area contributed by atoms with Crippen molar-refractivity contribution in [1.29, 1.82) is 0 Å². The van der Waals surface area contributed by atoms with E-state index in [0.29, 0.717) is 29.0 Å². The van der Waals surface area contributed by atoms with Crippen molar-refractivity contribution >= 4 is 17.6 Å². The number of nitrogens with one attached hydrogen (secondary N) is 1. The predicted octanol–water partition coefficient (Wildman–Crippen LogP) is 3.62. The molecule has 0 aliphatic carbocycles. The summed E-state index contributed by atoms with van der Waals surface area (Å²) in [7, 11) is 2.70. The number of hydrogen-bond donors (Lipinski definition) is 1. The number of hydrogen-bond acceptors (Lipinski definition) is 7. The van der Waals surface area contributed by atoms with Crippen molar-refractivity contribution in [3.8, 4) is 11.3 Å². The van der Waals surface area contributed by atoms with Gasteiger partial charge in [-0.25, -0.2) is 18.6 Å². The van der Waals surface area contributed by atoms with E-state index in [0.717, 1.165) is 17.7 Å². The molecule has 1 N–H and O–H groups in total. The molecule has 2 atom stereocenters. The molecule has 1 fully saturated rings. The number of aryl methyl sites for hydroxylation is 1. The largest absolute Gasteiger partial charge is 0.467 e. The predicted molar refractivity (Wildman–Crippen MR) is 146 cm³/mol. The van der Waals surface area contributed by atoms with Crippen molar-refractivity contribution in [3.63, 3.8) is 0 Å². The van der Waals surface area contributed by atoms with E-state index < -0.39 is 59.6 Å². The fourth-order valence-electron chi connectivity index (χ4n) is 4.77. The Balaban J connectivity index is 1.55. The first-order chi connectivity index (χ1) is 20.2.